The smallest absolute Gasteiger partial charge is 0.126 e. The van der Waals surface area contributed by atoms with Gasteiger partial charge in [0.2, 0.25) is 0 Å². The molecule has 1 N–H and O–H groups in total. The van der Waals surface area contributed by atoms with Crippen LogP contribution in [0.15, 0.2) is 27.9 Å². The Hall–Kier alpha value is -1.39. The van der Waals surface area contributed by atoms with Crippen LogP contribution in [0.2, 0.25) is 0 Å². The fourth-order valence-electron chi connectivity index (χ4n) is 2.15. The third kappa shape index (κ3) is 7.14. The van der Waals surface area contributed by atoms with E-state index in [0.29, 0.717) is 13.0 Å². The molecule has 0 saturated heterocycles. The highest BCUT2D eigenvalue weighted by molar-refractivity contribution is 6.55. The average Bonchev–Trinajstić information content (AvgIpc) is 2.49. The molecule has 0 heterocycles. The maximum Gasteiger partial charge on any atom is 0.126 e. The van der Waals surface area contributed by atoms with Crippen LogP contribution in [0, 0.1) is 6.92 Å². The third-order valence-electron chi connectivity index (χ3n) is 3.30. The van der Waals surface area contributed by atoms with Gasteiger partial charge in [0, 0.05) is 6.21 Å². The number of aryl methyl sites for hydroxylation is 2. The van der Waals surface area contributed by atoms with Gasteiger partial charge in [0.15, 0.2) is 0 Å². The van der Waals surface area contributed by atoms with Gasteiger partial charge >= 0.3 is 0 Å². The predicted molar refractivity (Wildman–Crippen MR) is 95.4 cm³/mol. The molecule has 1 rings (SSSR count). The fourth-order valence-corrected chi connectivity index (χ4v) is 2.28. The van der Waals surface area contributed by atoms with Gasteiger partial charge in [0.25, 0.3) is 0 Å². The van der Waals surface area contributed by atoms with Gasteiger partial charge in [-0.05, 0) is 62.4 Å². The third-order valence-corrected chi connectivity index (χ3v) is 3.61. The van der Waals surface area contributed by atoms with Crippen LogP contribution in [0.25, 0.3) is 0 Å². The van der Waals surface area contributed by atoms with Crippen LogP contribution in [0.4, 0.5) is 0 Å². The summed E-state index contributed by atoms with van der Waals surface area (Å²) >= 11 is 11.1. The molecule has 0 aromatic heterocycles. The molecule has 6 heteroatoms. The topological polar surface area (TPSA) is 51.0 Å². The van der Waals surface area contributed by atoms with Crippen molar-refractivity contribution in [2.75, 3.05) is 6.61 Å². The number of hydrogen-bond donors (Lipinski definition) is 1. The number of hydrogen-bond acceptors (Lipinski definition) is 4. The van der Waals surface area contributed by atoms with Crippen LogP contribution in [-0.4, -0.2) is 24.1 Å². The maximum atomic E-state index is 8.42. The number of nitrogens with zero attached hydrogens (tertiary/aromatic N) is 1. The minimum absolute atomic E-state index is 0.0294. The fraction of sp³-hybridized carbons (Fsp3) is 0.471. The highest BCUT2D eigenvalue weighted by atomic mass is 35.5. The molecule has 0 aliphatic rings. The summed E-state index contributed by atoms with van der Waals surface area (Å²) < 4.78 is 11.9. The number of benzene rings is 1. The number of oxime groups is 1. The number of ether oxygens (including phenoxy) is 2. The highest BCUT2D eigenvalue weighted by Gasteiger charge is 2.12. The van der Waals surface area contributed by atoms with E-state index in [9.17, 15) is 0 Å². The van der Waals surface area contributed by atoms with Crippen molar-refractivity contribution >= 4 is 29.4 Å². The van der Waals surface area contributed by atoms with Crippen LogP contribution in [0.3, 0.4) is 0 Å². The minimum atomic E-state index is 0.0294. The molecule has 4 nitrogen and oxygen atoms in total. The first-order valence-electron chi connectivity index (χ1n) is 7.57. The van der Waals surface area contributed by atoms with Gasteiger partial charge in [-0.2, -0.15) is 0 Å². The van der Waals surface area contributed by atoms with Crippen LogP contribution < -0.4 is 9.47 Å². The van der Waals surface area contributed by atoms with E-state index in [4.69, 9.17) is 37.9 Å². The summed E-state index contributed by atoms with van der Waals surface area (Å²) in [6, 6.07) is 3.91. The quantitative estimate of drug-likeness (QED) is 0.371. The SMILES string of the molecule is CCc1cc(OCC=C(Cl)Cl)cc(C)c1OC(C)CCC=NO. The van der Waals surface area contributed by atoms with E-state index < -0.39 is 0 Å². The van der Waals surface area contributed by atoms with Gasteiger partial charge in [-0.3, -0.25) is 0 Å². The van der Waals surface area contributed by atoms with Gasteiger partial charge < -0.3 is 14.7 Å². The molecular formula is C17H23Cl2NO3. The Bertz CT molecular complexity index is 555. The average molecular weight is 360 g/mol. The Morgan fingerprint density at radius 3 is 2.74 bits per heavy atom. The lowest BCUT2D eigenvalue weighted by molar-refractivity contribution is 0.210. The summed E-state index contributed by atoms with van der Waals surface area (Å²) in [6.07, 6.45) is 5.39. The van der Waals surface area contributed by atoms with Crippen molar-refractivity contribution in [1.29, 1.82) is 0 Å². The molecule has 0 amide bonds. The lowest BCUT2D eigenvalue weighted by Crippen LogP contribution is -2.14. The molecule has 0 spiro atoms. The van der Waals surface area contributed by atoms with Crippen molar-refractivity contribution in [1.82, 2.24) is 0 Å². The lowest BCUT2D eigenvalue weighted by Gasteiger charge is -2.20. The maximum absolute atomic E-state index is 8.42. The van der Waals surface area contributed by atoms with Gasteiger partial charge in [-0.15, -0.1) is 5.16 Å². The summed E-state index contributed by atoms with van der Waals surface area (Å²) in [7, 11) is 0. The normalized spacial score (nSPS) is 12.2. The molecule has 0 radical (unpaired) electrons. The first kappa shape index (κ1) is 19.7. The van der Waals surface area contributed by atoms with E-state index in [0.717, 1.165) is 35.5 Å². The monoisotopic (exact) mass is 359 g/mol. The second-order valence-electron chi connectivity index (χ2n) is 5.19. The number of rotatable bonds is 9. The second kappa shape index (κ2) is 10.4. The van der Waals surface area contributed by atoms with E-state index in [1.54, 1.807) is 6.08 Å². The Kier molecular flexibility index (Phi) is 8.89. The predicted octanol–water partition coefficient (Wildman–Crippen LogP) is 5.26. The van der Waals surface area contributed by atoms with Crippen molar-refractivity contribution < 1.29 is 14.7 Å². The molecular weight excluding hydrogens is 337 g/mol. The van der Waals surface area contributed by atoms with Gasteiger partial charge in [-0.1, -0.05) is 30.1 Å². The molecule has 23 heavy (non-hydrogen) atoms. The van der Waals surface area contributed by atoms with E-state index >= 15 is 0 Å². The lowest BCUT2D eigenvalue weighted by atomic mass is 10.1. The van der Waals surface area contributed by atoms with Crippen LogP contribution in [0.5, 0.6) is 11.5 Å². The number of halogens is 2. The zero-order chi connectivity index (χ0) is 17.2. The molecule has 1 atom stereocenters. The van der Waals surface area contributed by atoms with E-state index in [1.165, 1.54) is 6.21 Å². The Morgan fingerprint density at radius 1 is 1.39 bits per heavy atom. The van der Waals surface area contributed by atoms with Crippen LogP contribution in [0.1, 0.15) is 37.8 Å². The van der Waals surface area contributed by atoms with Crippen molar-refractivity contribution in [3.8, 4) is 11.5 Å². The standard InChI is InChI=1S/C17H23Cl2NO3/c1-4-14-11-15(22-9-7-16(18)19)10-12(2)17(14)23-13(3)6-5-8-20-21/h7-8,10-11,13,21H,4-6,9H2,1-3H3. The summed E-state index contributed by atoms with van der Waals surface area (Å²) in [6.45, 7) is 6.39. The van der Waals surface area contributed by atoms with E-state index in [1.807, 2.05) is 26.0 Å². The Morgan fingerprint density at radius 2 is 2.13 bits per heavy atom. The Labute approximate surface area is 147 Å². The molecule has 1 unspecified atom stereocenters. The summed E-state index contributed by atoms with van der Waals surface area (Å²) in [5.74, 6) is 1.65. The van der Waals surface area contributed by atoms with Crippen LogP contribution in [-0.2, 0) is 6.42 Å². The minimum Gasteiger partial charge on any atom is -0.490 e. The molecule has 0 bridgehead atoms. The van der Waals surface area contributed by atoms with Crippen molar-refractivity contribution in [2.45, 2.75) is 46.1 Å². The van der Waals surface area contributed by atoms with Crippen molar-refractivity contribution in [2.24, 2.45) is 5.16 Å². The van der Waals surface area contributed by atoms with E-state index in [-0.39, 0.29) is 10.6 Å². The molecule has 0 fully saturated rings. The van der Waals surface area contributed by atoms with Crippen molar-refractivity contribution in [3.63, 3.8) is 0 Å². The summed E-state index contributed by atoms with van der Waals surface area (Å²) in [4.78, 5) is 0. The first-order chi connectivity index (χ1) is 11.0. The highest BCUT2D eigenvalue weighted by Crippen LogP contribution is 2.31. The van der Waals surface area contributed by atoms with Gasteiger partial charge in [0.1, 0.15) is 22.6 Å². The Balaban J connectivity index is 2.81. The second-order valence-corrected chi connectivity index (χ2v) is 6.20. The summed E-state index contributed by atoms with van der Waals surface area (Å²) in [5.41, 5.74) is 2.10. The molecule has 0 saturated carbocycles. The van der Waals surface area contributed by atoms with Gasteiger partial charge in [-0.25, -0.2) is 0 Å². The zero-order valence-corrected chi connectivity index (χ0v) is 15.2. The molecule has 0 aliphatic heterocycles. The molecule has 1 aromatic rings. The molecule has 0 aliphatic carbocycles. The van der Waals surface area contributed by atoms with Crippen molar-refractivity contribution in [3.05, 3.63) is 33.8 Å². The molecule has 128 valence electrons. The zero-order valence-electron chi connectivity index (χ0n) is 13.7. The van der Waals surface area contributed by atoms with Gasteiger partial charge in [0.05, 0.1) is 6.10 Å². The first-order valence-corrected chi connectivity index (χ1v) is 8.33. The van der Waals surface area contributed by atoms with E-state index in [2.05, 4.69) is 12.1 Å². The summed E-state index contributed by atoms with van der Waals surface area (Å²) in [5, 5.41) is 11.4. The largest absolute Gasteiger partial charge is 0.490 e. The van der Waals surface area contributed by atoms with Crippen LogP contribution >= 0.6 is 23.2 Å². The molecule has 1 aromatic carbocycles.